The van der Waals surface area contributed by atoms with Crippen molar-refractivity contribution in [3.63, 3.8) is 0 Å². The van der Waals surface area contributed by atoms with E-state index in [1.807, 2.05) is 0 Å². The van der Waals surface area contributed by atoms with Crippen LogP contribution in [0.15, 0.2) is 24.3 Å². The van der Waals surface area contributed by atoms with Crippen molar-refractivity contribution in [2.75, 3.05) is 7.11 Å². The fourth-order valence-corrected chi connectivity index (χ4v) is 1.81. The number of rotatable bonds is 2. The molecule has 0 amide bonds. The zero-order valence-electron chi connectivity index (χ0n) is 10.5. The second-order valence-electron chi connectivity index (χ2n) is 4.02. The summed E-state index contributed by atoms with van der Waals surface area (Å²) in [6, 6.07) is 5.08. The van der Waals surface area contributed by atoms with E-state index >= 15 is 0 Å². The number of fused-ring (bicyclic) bond motifs is 1. The summed E-state index contributed by atoms with van der Waals surface area (Å²) in [5.74, 6) is 0.0794. The molecule has 1 aromatic heterocycles. The van der Waals surface area contributed by atoms with Gasteiger partial charge < -0.3 is 9.84 Å². The maximum Gasteiger partial charge on any atom is 0.216 e. The molecule has 1 aromatic carbocycles. The molecule has 0 saturated carbocycles. The number of allylic oxidation sites excluding steroid dienone is 1. The van der Waals surface area contributed by atoms with Crippen LogP contribution in [-0.2, 0) is 0 Å². The Labute approximate surface area is 105 Å². The van der Waals surface area contributed by atoms with Crippen molar-refractivity contribution in [1.82, 2.24) is 4.98 Å². The highest BCUT2D eigenvalue weighted by atomic mass is 19.1. The van der Waals surface area contributed by atoms with Gasteiger partial charge in [0.2, 0.25) is 5.95 Å². The zero-order valence-corrected chi connectivity index (χ0v) is 10.5. The van der Waals surface area contributed by atoms with Gasteiger partial charge in [0.15, 0.2) is 0 Å². The van der Waals surface area contributed by atoms with Crippen LogP contribution < -0.4 is 4.74 Å². The second kappa shape index (κ2) is 4.64. The maximum absolute atomic E-state index is 13.5. The molecule has 4 heteroatoms. The van der Waals surface area contributed by atoms with Gasteiger partial charge in [-0.05, 0) is 38.1 Å². The first-order chi connectivity index (χ1) is 8.56. The van der Waals surface area contributed by atoms with E-state index in [1.165, 1.54) is 7.11 Å². The highest BCUT2D eigenvalue weighted by molar-refractivity contribution is 5.88. The van der Waals surface area contributed by atoms with Crippen LogP contribution in [0.4, 0.5) is 4.39 Å². The van der Waals surface area contributed by atoms with Crippen molar-refractivity contribution < 1.29 is 14.2 Å². The largest absolute Gasteiger partial charge is 0.508 e. The third-order valence-electron chi connectivity index (χ3n) is 2.80. The Morgan fingerprint density at radius 3 is 2.72 bits per heavy atom. The van der Waals surface area contributed by atoms with E-state index in [4.69, 9.17) is 4.74 Å². The lowest BCUT2D eigenvalue weighted by molar-refractivity contribution is 0.417. The Kier molecular flexibility index (Phi) is 3.19. The first kappa shape index (κ1) is 12.4. The molecule has 18 heavy (non-hydrogen) atoms. The van der Waals surface area contributed by atoms with Gasteiger partial charge in [-0.3, -0.25) is 0 Å². The zero-order chi connectivity index (χ0) is 13.3. The van der Waals surface area contributed by atoms with Crippen LogP contribution in [0.25, 0.3) is 16.7 Å². The lowest BCUT2D eigenvalue weighted by Gasteiger charge is -2.09. The molecule has 2 rings (SSSR count). The van der Waals surface area contributed by atoms with Gasteiger partial charge >= 0.3 is 0 Å². The minimum Gasteiger partial charge on any atom is -0.508 e. The quantitative estimate of drug-likeness (QED) is 0.651. The molecule has 94 valence electrons. The van der Waals surface area contributed by atoms with Gasteiger partial charge in [0.25, 0.3) is 0 Å². The normalized spacial score (nSPS) is 11.9. The topological polar surface area (TPSA) is 42.4 Å². The number of halogens is 1. The minimum absolute atomic E-state index is 0.150. The second-order valence-corrected chi connectivity index (χ2v) is 4.02. The lowest BCUT2D eigenvalue weighted by atomic mass is 10.1. The number of hydrogen-bond donors (Lipinski definition) is 1. The van der Waals surface area contributed by atoms with Crippen molar-refractivity contribution in [1.29, 1.82) is 0 Å². The van der Waals surface area contributed by atoms with Gasteiger partial charge in [-0.1, -0.05) is 0 Å². The van der Waals surface area contributed by atoms with E-state index in [2.05, 4.69) is 4.98 Å². The Morgan fingerprint density at radius 1 is 1.39 bits per heavy atom. The molecule has 0 aliphatic heterocycles. The number of aliphatic hydroxyl groups excluding tert-OH is 1. The molecule has 0 spiro atoms. The van der Waals surface area contributed by atoms with Crippen LogP contribution >= 0.6 is 0 Å². The summed E-state index contributed by atoms with van der Waals surface area (Å²) in [6.07, 6.45) is 1.59. The summed E-state index contributed by atoms with van der Waals surface area (Å²) in [7, 11) is 1.49. The maximum atomic E-state index is 13.5. The molecule has 0 bridgehead atoms. The van der Waals surface area contributed by atoms with E-state index in [0.717, 1.165) is 5.39 Å². The Bertz CT molecular complexity index is 635. The smallest absolute Gasteiger partial charge is 0.216 e. The molecule has 0 unspecified atom stereocenters. The Hall–Kier alpha value is -2.10. The van der Waals surface area contributed by atoms with E-state index in [-0.39, 0.29) is 5.76 Å². The first-order valence-electron chi connectivity index (χ1n) is 5.57. The molecule has 0 radical (unpaired) electrons. The van der Waals surface area contributed by atoms with Crippen LogP contribution in [0.5, 0.6) is 5.75 Å². The predicted octanol–water partition coefficient (Wildman–Crippen LogP) is 3.61. The standard InChI is InChI=1S/C14H14FNO2/c1-4-11(17)9-6-10-5-8(2)14(15)16-13(10)12(7-9)18-3/h4-7,17H,1-3H3. The van der Waals surface area contributed by atoms with E-state index in [9.17, 15) is 9.50 Å². The lowest BCUT2D eigenvalue weighted by Crippen LogP contribution is -1.95. The fourth-order valence-electron chi connectivity index (χ4n) is 1.81. The van der Waals surface area contributed by atoms with E-state index in [1.54, 1.807) is 38.1 Å². The van der Waals surface area contributed by atoms with Gasteiger partial charge in [0, 0.05) is 16.5 Å². The molecule has 0 fully saturated rings. The first-order valence-corrected chi connectivity index (χ1v) is 5.57. The van der Waals surface area contributed by atoms with Crippen molar-refractivity contribution in [3.05, 3.63) is 41.3 Å². The van der Waals surface area contributed by atoms with Crippen LogP contribution in [0.3, 0.4) is 0 Å². The average Bonchev–Trinajstić information content (AvgIpc) is 2.38. The summed E-state index contributed by atoms with van der Waals surface area (Å²) < 4.78 is 18.7. The van der Waals surface area contributed by atoms with Gasteiger partial charge in [-0.2, -0.15) is 4.39 Å². The van der Waals surface area contributed by atoms with Gasteiger partial charge in [0.1, 0.15) is 17.0 Å². The summed E-state index contributed by atoms with van der Waals surface area (Å²) in [4.78, 5) is 3.88. The molecule has 0 aliphatic carbocycles. The number of hydrogen-bond acceptors (Lipinski definition) is 3. The van der Waals surface area contributed by atoms with Crippen LogP contribution in [0, 0.1) is 12.9 Å². The molecule has 0 saturated heterocycles. The van der Waals surface area contributed by atoms with Crippen LogP contribution in [-0.4, -0.2) is 17.2 Å². The molecule has 3 nitrogen and oxygen atoms in total. The highest BCUT2D eigenvalue weighted by Gasteiger charge is 2.11. The van der Waals surface area contributed by atoms with Crippen molar-refractivity contribution in [2.24, 2.45) is 0 Å². The number of aromatic nitrogens is 1. The van der Waals surface area contributed by atoms with E-state index in [0.29, 0.717) is 22.4 Å². The molecule has 1 N–H and O–H groups in total. The number of aliphatic hydroxyl groups is 1. The predicted molar refractivity (Wildman–Crippen MR) is 69.3 cm³/mol. The Balaban J connectivity index is 2.79. The summed E-state index contributed by atoms with van der Waals surface area (Å²) >= 11 is 0. The summed E-state index contributed by atoms with van der Waals surface area (Å²) in [5.41, 5.74) is 1.53. The van der Waals surface area contributed by atoms with E-state index < -0.39 is 5.95 Å². The number of benzene rings is 1. The van der Waals surface area contributed by atoms with Crippen LogP contribution in [0.1, 0.15) is 18.1 Å². The third-order valence-corrected chi connectivity index (χ3v) is 2.80. The number of aryl methyl sites for hydroxylation is 1. The number of ether oxygens (including phenoxy) is 1. The van der Waals surface area contributed by atoms with Crippen molar-refractivity contribution in [3.8, 4) is 5.75 Å². The molecule has 1 heterocycles. The van der Waals surface area contributed by atoms with Gasteiger partial charge in [-0.15, -0.1) is 0 Å². The monoisotopic (exact) mass is 247 g/mol. The molecule has 0 aliphatic rings. The van der Waals surface area contributed by atoms with Gasteiger partial charge in [-0.25, -0.2) is 4.98 Å². The van der Waals surface area contributed by atoms with Crippen LogP contribution in [0.2, 0.25) is 0 Å². The molecular weight excluding hydrogens is 233 g/mol. The number of methoxy groups -OCH3 is 1. The molecule has 0 atom stereocenters. The summed E-state index contributed by atoms with van der Waals surface area (Å²) in [6.45, 7) is 3.39. The Morgan fingerprint density at radius 2 is 2.11 bits per heavy atom. The van der Waals surface area contributed by atoms with Gasteiger partial charge in [0.05, 0.1) is 7.11 Å². The highest BCUT2D eigenvalue weighted by Crippen LogP contribution is 2.29. The molecule has 2 aromatic rings. The fraction of sp³-hybridized carbons (Fsp3) is 0.214. The number of pyridine rings is 1. The average molecular weight is 247 g/mol. The van der Waals surface area contributed by atoms with Crippen molar-refractivity contribution >= 4 is 16.7 Å². The SMILES string of the molecule is CC=C(O)c1cc(OC)c2nc(F)c(C)cc2c1. The number of nitrogens with zero attached hydrogens (tertiary/aromatic N) is 1. The van der Waals surface area contributed by atoms with Crippen molar-refractivity contribution in [2.45, 2.75) is 13.8 Å². The third kappa shape index (κ3) is 2.01. The summed E-state index contributed by atoms with van der Waals surface area (Å²) in [5, 5.41) is 10.5. The molecular formula is C14H14FNO2. The minimum atomic E-state index is -0.510.